The summed E-state index contributed by atoms with van der Waals surface area (Å²) in [4.78, 5) is 16.4. The molecule has 1 saturated heterocycles. The summed E-state index contributed by atoms with van der Waals surface area (Å²) in [5.41, 5.74) is 0. The number of amides is 1. The third-order valence-corrected chi connectivity index (χ3v) is 3.78. The fourth-order valence-corrected chi connectivity index (χ4v) is 2.62. The van der Waals surface area contributed by atoms with Gasteiger partial charge in [-0.25, -0.2) is 4.98 Å². The number of aromatic nitrogens is 3. The lowest BCUT2D eigenvalue weighted by Crippen LogP contribution is -2.13. The first-order valence-corrected chi connectivity index (χ1v) is 6.84. The first-order chi connectivity index (χ1) is 9.22. The lowest BCUT2D eigenvalue weighted by molar-refractivity contribution is 0.102. The Morgan fingerprint density at radius 1 is 1.58 bits per heavy atom. The molecule has 0 aliphatic carbocycles. The van der Waals surface area contributed by atoms with E-state index in [9.17, 15) is 4.79 Å². The maximum absolute atomic E-state index is 11.9. The van der Waals surface area contributed by atoms with Crippen molar-refractivity contribution >= 4 is 23.3 Å². The highest BCUT2D eigenvalue weighted by Crippen LogP contribution is 2.23. The van der Waals surface area contributed by atoms with Gasteiger partial charge >= 0.3 is 6.01 Å². The predicted octanol–water partition coefficient (Wildman–Crippen LogP) is 1.51. The van der Waals surface area contributed by atoms with Crippen LogP contribution in [-0.2, 0) is 0 Å². The summed E-state index contributed by atoms with van der Waals surface area (Å²) < 4.78 is 5.43. The Morgan fingerprint density at radius 3 is 3.16 bits per heavy atom. The third kappa shape index (κ3) is 2.64. The van der Waals surface area contributed by atoms with Crippen LogP contribution in [0.25, 0.3) is 0 Å². The molecule has 1 atom stereocenters. The van der Waals surface area contributed by atoms with Gasteiger partial charge in [0.2, 0.25) is 5.89 Å². The van der Waals surface area contributed by atoms with Gasteiger partial charge in [-0.2, -0.15) is 0 Å². The van der Waals surface area contributed by atoms with Crippen LogP contribution >= 0.6 is 11.3 Å². The molecule has 1 amide bonds. The molecule has 100 valence electrons. The van der Waals surface area contributed by atoms with Crippen LogP contribution in [0.5, 0.6) is 0 Å². The van der Waals surface area contributed by atoms with E-state index >= 15 is 0 Å². The summed E-state index contributed by atoms with van der Waals surface area (Å²) in [5, 5.41) is 14.4. The minimum atomic E-state index is -0.278. The second kappa shape index (κ2) is 5.06. The number of nitrogens with zero attached hydrogens (tertiary/aromatic N) is 3. The zero-order valence-corrected chi connectivity index (χ0v) is 11.2. The molecule has 7 nitrogen and oxygen atoms in total. The number of hydrogen-bond donors (Lipinski definition) is 2. The maximum atomic E-state index is 11.9. The molecule has 1 aliphatic rings. The summed E-state index contributed by atoms with van der Waals surface area (Å²) in [6.07, 6.45) is 3.60. The van der Waals surface area contributed by atoms with Crippen molar-refractivity contribution in [2.24, 2.45) is 0 Å². The normalized spacial score (nSPS) is 18.7. The van der Waals surface area contributed by atoms with Gasteiger partial charge in [-0.05, 0) is 26.3 Å². The predicted molar refractivity (Wildman–Crippen MR) is 69.1 cm³/mol. The van der Waals surface area contributed by atoms with E-state index in [2.05, 4.69) is 25.8 Å². The van der Waals surface area contributed by atoms with E-state index in [-0.39, 0.29) is 18.0 Å². The standard InChI is InChI=1S/C11H13N5O2S/c1-6-13-5-8(19-6)9(17)14-11-16-15-10(18-11)7-3-2-4-12-7/h5,7,12H,2-4H2,1H3,(H,14,16,17). The third-order valence-electron chi connectivity index (χ3n) is 2.86. The first-order valence-electron chi connectivity index (χ1n) is 6.03. The van der Waals surface area contributed by atoms with Gasteiger partial charge in [-0.3, -0.25) is 10.1 Å². The summed E-state index contributed by atoms with van der Waals surface area (Å²) in [6, 6.07) is 0.226. The molecule has 0 aromatic carbocycles. The van der Waals surface area contributed by atoms with E-state index in [0.29, 0.717) is 10.8 Å². The molecule has 2 aromatic heterocycles. The minimum absolute atomic E-state index is 0.101. The van der Waals surface area contributed by atoms with Crippen LogP contribution in [0.4, 0.5) is 6.01 Å². The molecule has 19 heavy (non-hydrogen) atoms. The Labute approximate surface area is 113 Å². The highest BCUT2D eigenvalue weighted by atomic mass is 32.1. The van der Waals surface area contributed by atoms with Gasteiger partial charge in [-0.15, -0.1) is 16.4 Å². The van der Waals surface area contributed by atoms with Crippen molar-refractivity contribution in [3.05, 3.63) is 22.0 Å². The second-order valence-corrected chi connectivity index (χ2v) is 5.53. The minimum Gasteiger partial charge on any atom is -0.406 e. The maximum Gasteiger partial charge on any atom is 0.322 e. The molecule has 0 saturated carbocycles. The number of carbonyl (C=O) groups is 1. The summed E-state index contributed by atoms with van der Waals surface area (Å²) in [5.74, 6) is 0.244. The molecule has 3 heterocycles. The number of rotatable bonds is 3. The molecule has 0 spiro atoms. The average Bonchev–Trinajstić information content (AvgIpc) is 3.07. The highest BCUT2D eigenvalue weighted by Gasteiger charge is 2.22. The Bertz CT molecular complexity index is 587. The van der Waals surface area contributed by atoms with Crippen LogP contribution in [0.1, 0.15) is 39.5 Å². The van der Waals surface area contributed by atoms with Crippen molar-refractivity contribution < 1.29 is 9.21 Å². The van der Waals surface area contributed by atoms with E-state index < -0.39 is 0 Å². The molecular formula is C11H13N5O2S. The molecule has 0 radical (unpaired) electrons. The van der Waals surface area contributed by atoms with Gasteiger partial charge in [0.05, 0.1) is 17.2 Å². The van der Waals surface area contributed by atoms with Gasteiger partial charge in [0.15, 0.2) is 0 Å². The van der Waals surface area contributed by atoms with Crippen LogP contribution in [-0.4, -0.2) is 27.6 Å². The van der Waals surface area contributed by atoms with E-state index in [0.717, 1.165) is 24.4 Å². The fourth-order valence-electron chi connectivity index (χ4n) is 1.95. The molecule has 2 aromatic rings. The van der Waals surface area contributed by atoms with Crippen molar-refractivity contribution in [3.8, 4) is 0 Å². The first kappa shape index (κ1) is 12.2. The largest absolute Gasteiger partial charge is 0.406 e. The molecular weight excluding hydrogens is 266 g/mol. The van der Waals surface area contributed by atoms with E-state index in [1.54, 1.807) is 0 Å². The van der Waals surface area contributed by atoms with Gasteiger partial charge in [0, 0.05) is 0 Å². The van der Waals surface area contributed by atoms with Crippen molar-refractivity contribution in [2.45, 2.75) is 25.8 Å². The number of hydrogen-bond acceptors (Lipinski definition) is 7. The molecule has 1 fully saturated rings. The SMILES string of the molecule is Cc1ncc(C(=O)Nc2nnc(C3CCCN3)o2)s1. The summed E-state index contributed by atoms with van der Waals surface area (Å²) >= 11 is 1.32. The van der Waals surface area contributed by atoms with Crippen molar-refractivity contribution in [3.63, 3.8) is 0 Å². The number of thiazole rings is 1. The second-order valence-electron chi connectivity index (χ2n) is 4.29. The van der Waals surface area contributed by atoms with Gasteiger partial charge in [0.25, 0.3) is 5.91 Å². The quantitative estimate of drug-likeness (QED) is 0.884. The smallest absolute Gasteiger partial charge is 0.322 e. The monoisotopic (exact) mass is 279 g/mol. The van der Waals surface area contributed by atoms with Crippen LogP contribution in [0, 0.1) is 6.92 Å². The molecule has 0 bridgehead atoms. The van der Waals surface area contributed by atoms with Crippen molar-refractivity contribution in [1.82, 2.24) is 20.5 Å². The van der Waals surface area contributed by atoms with Crippen LogP contribution in [0.2, 0.25) is 0 Å². The lowest BCUT2D eigenvalue weighted by Gasteiger charge is -2.02. The zero-order valence-electron chi connectivity index (χ0n) is 10.3. The molecule has 8 heteroatoms. The van der Waals surface area contributed by atoms with Crippen molar-refractivity contribution in [2.75, 3.05) is 11.9 Å². The van der Waals surface area contributed by atoms with E-state index in [1.165, 1.54) is 17.5 Å². The summed E-state index contributed by atoms with van der Waals surface area (Å²) in [6.45, 7) is 2.80. The van der Waals surface area contributed by atoms with Crippen LogP contribution < -0.4 is 10.6 Å². The summed E-state index contributed by atoms with van der Waals surface area (Å²) in [7, 11) is 0. The van der Waals surface area contributed by atoms with Gasteiger partial charge in [-0.1, -0.05) is 5.10 Å². The van der Waals surface area contributed by atoms with E-state index in [1.807, 2.05) is 6.92 Å². The van der Waals surface area contributed by atoms with Crippen LogP contribution in [0.3, 0.4) is 0 Å². The Morgan fingerprint density at radius 2 is 2.47 bits per heavy atom. The Kier molecular flexibility index (Phi) is 3.26. The highest BCUT2D eigenvalue weighted by molar-refractivity contribution is 7.13. The van der Waals surface area contributed by atoms with Gasteiger partial charge in [0.1, 0.15) is 4.88 Å². The Hall–Kier alpha value is -1.80. The zero-order chi connectivity index (χ0) is 13.2. The number of aryl methyl sites for hydroxylation is 1. The molecule has 2 N–H and O–H groups in total. The number of carbonyl (C=O) groups excluding carboxylic acids is 1. The number of nitrogens with one attached hydrogen (secondary N) is 2. The fraction of sp³-hybridized carbons (Fsp3) is 0.455. The lowest BCUT2D eigenvalue weighted by atomic mass is 10.2. The topological polar surface area (TPSA) is 92.9 Å². The van der Waals surface area contributed by atoms with E-state index in [4.69, 9.17) is 4.42 Å². The van der Waals surface area contributed by atoms with Crippen molar-refractivity contribution in [1.29, 1.82) is 0 Å². The average molecular weight is 279 g/mol. The molecule has 3 rings (SSSR count). The van der Waals surface area contributed by atoms with Crippen LogP contribution in [0.15, 0.2) is 10.6 Å². The molecule has 1 unspecified atom stereocenters. The van der Waals surface area contributed by atoms with Gasteiger partial charge < -0.3 is 9.73 Å². The number of anilines is 1. The molecule has 1 aliphatic heterocycles. The Balaban J connectivity index is 1.68.